The summed E-state index contributed by atoms with van der Waals surface area (Å²) in [7, 11) is 0. The molecule has 0 atom stereocenters. The fourth-order valence-electron chi connectivity index (χ4n) is 0.451. The molecule has 0 fully saturated rings. The van der Waals surface area contributed by atoms with Crippen molar-refractivity contribution in [2.75, 3.05) is 26.2 Å². The van der Waals surface area contributed by atoms with Crippen LogP contribution in [0.1, 0.15) is 0 Å². The molecule has 0 rings (SSSR count). The molecule has 0 aromatic heterocycles. The largest absolute Gasteiger partial charge is 0.480 e. The van der Waals surface area contributed by atoms with E-state index in [4.69, 9.17) is 20.7 Å². The van der Waals surface area contributed by atoms with E-state index in [2.05, 4.69) is 10.6 Å². The quantitative estimate of drug-likeness (QED) is 0.313. The molecule has 0 radical (unpaired) electrons. The van der Waals surface area contributed by atoms with Gasteiger partial charge in [0.15, 0.2) is 0 Å². The van der Waals surface area contributed by atoms with E-state index in [0.717, 1.165) is 0 Å². The molecule has 0 aliphatic carbocycles. The molecule has 0 aromatic rings. The molecule has 0 heterocycles. The summed E-state index contributed by atoms with van der Waals surface area (Å²) in [6, 6.07) is 3.68. The van der Waals surface area contributed by atoms with Gasteiger partial charge in [0, 0.05) is 0 Å². The van der Waals surface area contributed by atoms with Crippen molar-refractivity contribution < 1.29 is 19.8 Å². The first kappa shape index (κ1) is 16.3. The zero-order valence-corrected chi connectivity index (χ0v) is 8.43. The van der Waals surface area contributed by atoms with Crippen molar-refractivity contribution in [3.63, 3.8) is 0 Å². The van der Waals surface area contributed by atoms with E-state index in [9.17, 15) is 9.59 Å². The summed E-state index contributed by atoms with van der Waals surface area (Å²) in [5.41, 5.74) is 0. The van der Waals surface area contributed by atoms with Gasteiger partial charge in [-0.2, -0.15) is 10.5 Å². The number of nitriles is 2. The van der Waals surface area contributed by atoms with Crippen LogP contribution in [-0.2, 0) is 9.59 Å². The normalized spacial score (nSPS) is 7.88. The van der Waals surface area contributed by atoms with Crippen molar-refractivity contribution in [1.82, 2.24) is 10.6 Å². The fraction of sp³-hybridized carbons (Fsp3) is 0.500. The molecule has 0 spiro atoms. The number of nitrogens with one attached hydrogen (secondary N) is 2. The first-order chi connectivity index (χ1) is 7.54. The Hall–Kier alpha value is -2.16. The third-order valence-electron chi connectivity index (χ3n) is 0.961. The number of rotatable bonds is 6. The van der Waals surface area contributed by atoms with Crippen molar-refractivity contribution in [3.8, 4) is 12.1 Å². The lowest BCUT2D eigenvalue weighted by atomic mass is 10.6. The highest BCUT2D eigenvalue weighted by Crippen LogP contribution is 1.61. The third-order valence-corrected chi connectivity index (χ3v) is 0.961. The van der Waals surface area contributed by atoms with Gasteiger partial charge in [-0.3, -0.25) is 20.2 Å². The average molecular weight is 228 g/mol. The molecular formula is C8H12N4O4. The van der Waals surface area contributed by atoms with Crippen LogP contribution in [0, 0.1) is 22.7 Å². The molecule has 0 aliphatic heterocycles. The van der Waals surface area contributed by atoms with Gasteiger partial charge in [0.05, 0.1) is 38.3 Å². The Balaban J connectivity index is 0. The first-order valence-corrected chi connectivity index (χ1v) is 4.13. The summed E-state index contributed by atoms with van der Waals surface area (Å²) in [6.45, 7) is -0.111. The molecule has 16 heavy (non-hydrogen) atoms. The van der Waals surface area contributed by atoms with E-state index in [-0.39, 0.29) is 26.2 Å². The summed E-state index contributed by atoms with van der Waals surface area (Å²) in [6.07, 6.45) is 0. The van der Waals surface area contributed by atoms with Crippen LogP contribution in [0.3, 0.4) is 0 Å². The summed E-state index contributed by atoms with van der Waals surface area (Å²) < 4.78 is 0. The van der Waals surface area contributed by atoms with Crippen LogP contribution in [0.25, 0.3) is 0 Å². The highest BCUT2D eigenvalue weighted by Gasteiger charge is 1.97. The number of carbonyl (C=O) groups is 2. The number of hydrogen-bond acceptors (Lipinski definition) is 6. The molecule has 4 N–H and O–H groups in total. The summed E-state index contributed by atoms with van der Waals surface area (Å²) in [5, 5.41) is 36.4. The minimum Gasteiger partial charge on any atom is -0.480 e. The van der Waals surface area contributed by atoms with Gasteiger partial charge in [0.1, 0.15) is 0 Å². The van der Waals surface area contributed by atoms with Crippen LogP contribution in [-0.4, -0.2) is 48.3 Å². The molecule has 0 aromatic carbocycles. The second kappa shape index (κ2) is 12.8. The fourth-order valence-corrected chi connectivity index (χ4v) is 0.451. The van der Waals surface area contributed by atoms with Gasteiger partial charge in [-0.15, -0.1) is 0 Å². The maximum atomic E-state index is 9.73. The average Bonchev–Trinajstić information content (AvgIpc) is 2.18. The van der Waals surface area contributed by atoms with Crippen molar-refractivity contribution in [3.05, 3.63) is 0 Å². The Morgan fingerprint density at radius 3 is 1.56 bits per heavy atom. The van der Waals surface area contributed by atoms with Gasteiger partial charge >= 0.3 is 11.9 Å². The van der Waals surface area contributed by atoms with Crippen LogP contribution in [0.15, 0.2) is 0 Å². The van der Waals surface area contributed by atoms with Crippen LogP contribution >= 0.6 is 0 Å². The summed E-state index contributed by atoms with van der Waals surface area (Å²) in [5.74, 6) is -2.12. The SMILES string of the molecule is N#CCNCC#N.O=C(O)CNCC(=O)O. The molecule has 88 valence electrons. The predicted molar refractivity (Wildman–Crippen MR) is 52.2 cm³/mol. The molecule has 0 aliphatic rings. The highest BCUT2D eigenvalue weighted by atomic mass is 16.4. The molecule has 0 amide bonds. The van der Waals surface area contributed by atoms with Gasteiger partial charge in [-0.1, -0.05) is 0 Å². The van der Waals surface area contributed by atoms with Crippen LogP contribution in [0.4, 0.5) is 0 Å². The molecular weight excluding hydrogens is 216 g/mol. The van der Waals surface area contributed by atoms with Crippen molar-refractivity contribution in [1.29, 1.82) is 10.5 Å². The van der Waals surface area contributed by atoms with E-state index in [0.29, 0.717) is 0 Å². The molecule has 0 saturated heterocycles. The second-order valence-electron chi connectivity index (χ2n) is 2.31. The van der Waals surface area contributed by atoms with E-state index < -0.39 is 11.9 Å². The van der Waals surface area contributed by atoms with Crippen molar-refractivity contribution in [2.45, 2.75) is 0 Å². The smallest absolute Gasteiger partial charge is 0.317 e. The number of carboxylic acid groups (broad SMARTS) is 2. The van der Waals surface area contributed by atoms with Crippen molar-refractivity contribution in [2.24, 2.45) is 0 Å². The van der Waals surface area contributed by atoms with E-state index in [1.807, 2.05) is 12.1 Å². The lowest BCUT2D eigenvalue weighted by molar-refractivity contribution is -0.137. The van der Waals surface area contributed by atoms with Gasteiger partial charge in [-0.25, -0.2) is 0 Å². The zero-order chi connectivity index (χ0) is 12.8. The standard InChI is InChI=1S/C4H5N3.C4H7NO4/c5-1-3-7-4-2-6;6-3(7)1-5-2-4(8)9/h7H,3-4H2;5H,1-2H2,(H,6,7)(H,8,9). The van der Waals surface area contributed by atoms with E-state index in [1.54, 1.807) is 0 Å². The van der Waals surface area contributed by atoms with Gasteiger partial charge in [-0.05, 0) is 0 Å². The van der Waals surface area contributed by atoms with Gasteiger partial charge in [0.2, 0.25) is 0 Å². The first-order valence-electron chi connectivity index (χ1n) is 4.13. The lowest BCUT2D eigenvalue weighted by Crippen LogP contribution is -2.27. The Morgan fingerprint density at radius 2 is 1.31 bits per heavy atom. The Bertz CT molecular complexity index is 263. The van der Waals surface area contributed by atoms with E-state index >= 15 is 0 Å². The topological polar surface area (TPSA) is 146 Å². The number of aliphatic carboxylic acids is 2. The second-order valence-corrected chi connectivity index (χ2v) is 2.31. The lowest BCUT2D eigenvalue weighted by Gasteiger charge is -1.93. The van der Waals surface area contributed by atoms with Gasteiger partial charge < -0.3 is 10.2 Å². The minimum atomic E-state index is -1.06. The highest BCUT2D eigenvalue weighted by molar-refractivity contribution is 5.72. The molecule has 0 unspecified atom stereocenters. The maximum Gasteiger partial charge on any atom is 0.317 e. The predicted octanol–water partition coefficient (Wildman–Crippen LogP) is -1.63. The summed E-state index contributed by atoms with van der Waals surface area (Å²) in [4.78, 5) is 19.5. The van der Waals surface area contributed by atoms with E-state index in [1.165, 1.54) is 0 Å². The maximum absolute atomic E-state index is 9.73. The summed E-state index contributed by atoms with van der Waals surface area (Å²) >= 11 is 0. The van der Waals surface area contributed by atoms with Crippen LogP contribution in [0.5, 0.6) is 0 Å². The third kappa shape index (κ3) is 22.6. The van der Waals surface area contributed by atoms with Crippen molar-refractivity contribution >= 4 is 11.9 Å². The molecule has 8 nitrogen and oxygen atoms in total. The minimum absolute atomic E-state index is 0.258. The Kier molecular flexibility index (Phi) is 13.1. The molecule has 0 bridgehead atoms. The Labute approximate surface area is 92.1 Å². The monoisotopic (exact) mass is 228 g/mol. The van der Waals surface area contributed by atoms with Gasteiger partial charge in [0.25, 0.3) is 0 Å². The van der Waals surface area contributed by atoms with Crippen LogP contribution in [0.2, 0.25) is 0 Å². The molecule has 0 saturated carbocycles. The molecule has 8 heteroatoms. The number of carboxylic acids is 2. The zero-order valence-electron chi connectivity index (χ0n) is 8.43. The number of hydrogen-bond donors (Lipinski definition) is 4. The van der Waals surface area contributed by atoms with Crippen LogP contribution < -0.4 is 10.6 Å². The Morgan fingerprint density at radius 1 is 0.938 bits per heavy atom. The number of nitrogens with zero attached hydrogens (tertiary/aromatic N) is 2.